The van der Waals surface area contributed by atoms with Crippen LogP contribution in [0, 0.1) is 0 Å². The van der Waals surface area contributed by atoms with Gasteiger partial charge >= 0.3 is 12.0 Å². The summed E-state index contributed by atoms with van der Waals surface area (Å²) < 4.78 is 5.94. The minimum atomic E-state index is -0.961. The average Bonchev–Trinajstić information content (AvgIpc) is 3.14. The number of amides is 2. The molecular weight excluding hydrogens is 340 g/mol. The molecule has 1 aliphatic heterocycles. The molecule has 6 nitrogen and oxygen atoms in total. The molecule has 2 aromatic rings. The number of rotatable bonds is 4. The van der Waals surface area contributed by atoms with Crippen LogP contribution in [0.5, 0.6) is 0 Å². The van der Waals surface area contributed by atoms with Crippen molar-refractivity contribution >= 4 is 23.3 Å². The smallest absolute Gasteiger partial charge is 0.335 e. The van der Waals surface area contributed by atoms with Gasteiger partial charge < -0.3 is 20.1 Å². The maximum Gasteiger partial charge on any atom is 0.335 e. The summed E-state index contributed by atoms with van der Waals surface area (Å²) in [4.78, 5) is 25.1. The van der Waals surface area contributed by atoms with Crippen molar-refractivity contribution in [3.8, 4) is 0 Å². The van der Waals surface area contributed by atoms with E-state index in [0.29, 0.717) is 19.6 Å². The number of benzene rings is 1. The van der Waals surface area contributed by atoms with Crippen molar-refractivity contribution in [3.63, 3.8) is 0 Å². The molecule has 1 aromatic carbocycles. The number of morpholine rings is 1. The standard InChI is InChI=1S/C18H20N2O4S/c1-12-9-20(10-16(24-12)15-6-7-25-11-15)18(23)19-8-13-2-4-14(5-3-13)17(21)22/h2-7,11-12,16H,8-10H2,1H3,(H,19,23)(H,21,22). The first kappa shape index (κ1) is 17.4. The van der Waals surface area contributed by atoms with E-state index >= 15 is 0 Å². The first-order chi connectivity index (χ1) is 12.0. The van der Waals surface area contributed by atoms with E-state index in [1.165, 1.54) is 12.1 Å². The number of thiophene rings is 1. The molecule has 0 spiro atoms. The van der Waals surface area contributed by atoms with Crippen LogP contribution in [0.15, 0.2) is 41.1 Å². The second-order valence-electron chi connectivity index (χ2n) is 6.06. The van der Waals surface area contributed by atoms with Crippen molar-refractivity contribution < 1.29 is 19.4 Å². The third-order valence-corrected chi connectivity index (χ3v) is 4.81. The molecule has 2 atom stereocenters. The van der Waals surface area contributed by atoms with Gasteiger partial charge in [-0.25, -0.2) is 9.59 Å². The van der Waals surface area contributed by atoms with Crippen LogP contribution >= 0.6 is 11.3 Å². The predicted molar refractivity (Wildman–Crippen MR) is 94.8 cm³/mol. The summed E-state index contributed by atoms with van der Waals surface area (Å²) in [6.45, 7) is 3.38. The van der Waals surface area contributed by atoms with E-state index in [4.69, 9.17) is 9.84 Å². The Bertz CT molecular complexity index is 730. The zero-order valence-electron chi connectivity index (χ0n) is 13.8. The molecule has 1 saturated heterocycles. The van der Waals surface area contributed by atoms with E-state index < -0.39 is 5.97 Å². The number of carbonyl (C=O) groups is 2. The van der Waals surface area contributed by atoms with Crippen molar-refractivity contribution in [1.29, 1.82) is 0 Å². The number of aromatic carboxylic acids is 1. The van der Waals surface area contributed by atoms with E-state index in [9.17, 15) is 9.59 Å². The molecule has 2 amide bonds. The van der Waals surface area contributed by atoms with E-state index in [-0.39, 0.29) is 23.8 Å². The van der Waals surface area contributed by atoms with Crippen LogP contribution in [-0.4, -0.2) is 41.2 Å². The summed E-state index contributed by atoms with van der Waals surface area (Å²) in [7, 11) is 0. The molecule has 2 N–H and O–H groups in total. The fraction of sp³-hybridized carbons (Fsp3) is 0.333. The summed E-state index contributed by atoms with van der Waals surface area (Å²) in [6, 6.07) is 8.37. The van der Waals surface area contributed by atoms with Crippen LogP contribution in [-0.2, 0) is 11.3 Å². The third-order valence-electron chi connectivity index (χ3n) is 4.11. The average molecular weight is 360 g/mol. The Hall–Kier alpha value is -2.38. The number of carboxylic acid groups (broad SMARTS) is 1. The summed E-state index contributed by atoms with van der Waals surface area (Å²) in [6.07, 6.45) is -0.130. The number of hydrogen-bond acceptors (Lipinski definition) is 4. The molecule has 132 valence electrons. The van der Waals surface area contributed by atoms with Crippen molar-refractivity contribution in [3.05, 3.63) is 57.8 Å². The zero-order chi connectivity index (χ0) is 17.8. The molecule has 3 rings (SSSR count). The van der Waals surface area contributed by atoms with Gasteiger partial charge in [-0.2, -0.15) is 11.3 Å². The molecule has 7 heteroatoms. The van der Waals surface area contributed by atoms with Gasteiger partial charge in [0.2, 0.25) is 0 Å². The summed E-state index contributed by atoms with van der Waals surface area (Å²) >= 11 is 1.61. The number of nitrogens with one attached hydrogen (secondary N) is 1. The fourth-order valence-corrected chi connectivity index (χ4v) is 3.52. The van der Waals surface area contributed by atoms with Gasteiger partial charge in [0.15, 0.2) is 0 Å². The molecule has 0 radical (unpaired) electrons. The van der Waals surface area contributed by atoms with E-state index in [0.717, 1.165) is 11.1 Å². The van der Waals surface area contributed by atoms with Gasteiger partial charge in [-0.1, -0.05) is 12.1 Å². The van der Waals surface area contributed by atoms with Crippen LogP contribution in [0.25, 0.3) is 0 Å². The maximum absolute atomic E-state index is 12.5. The number of nitrogens with zero attached hydrogens (tertiary/aromatic N) is 1. The Kier molecular flexibility index (Phi) is 5.35. The number of ether oxygens (including phenoxy) is 1. The quantitative estimate of drug-likeness (QED) is 0.878. The Morgan fingerprint density at radius 3 is 2.68 bits per heavy atom. The van der Waals surface area contributed by atoms with Gasteiger partial charge in [0.25, 0.3) is 0 Å². The highest BCUT2D eigenvalue weighted by molar-refractivity contribution is 7.07. The van der Waals surface area contributed by atoms with Crippen LogP contribution in [0.1, 0.15) is 34.5 Å². The lowest BCUT2D eigenvalue weighted by Gasteiger charge is -2.36. The Labute approximate surface area is 150 Å². The van der Waals surface area contributed by atoms with Gasteiger partial charge in [-0.3, -0.25) is 0 Å². The minimum absolute atomic E-state index is 0.0285. The Morgan fingerprint density at radius 2 is 2.04 bits per heavy atom. The number of hydrogen-bond donors (Lipinski definition) is 2. The third kappa shape index (κ3) is 4.37. The Morgan fingerprint density at radius 1 is 1.28 bits per heavy atom. The van der Waals surface area contributed by atoms with Crippen molar-refractivity contribution in [1.82, 2.24) is 10.2 Å². The first-order valence-electron chi connectivity index (χ1n) is 8.05. The first-order valence-corrected chi connectivity index (χ1v) is 9.00. The van der Waals surface area contributed by atoms with E-state index in [1.54, 1.807) is 28.4 Å². The molecule has 1 fully saturated rings. The van der Waals surface area contributed by atoms with Crippen molar-refractivity contribution in [2.75, 3.05) is 13.1 Å². The van der Waals surface area contributed by atoms with Gasteiger partial charge in [-0.15, -0.1) is 0 Å². The lowest BCUT2D eigenvalue weighted by Crippen LogP contribution is -2.49. The van der Waals surface area contributed by atoms with Gasteiger partial charge in [0.05, 0.1) is 18.2 Å². The second-order valence-corrected chi connectivity index (χ2v) is 6.84. The lowest BCUT2D eigenvalue weighted by atomic mass is 10.1. The number of carboxylic acids is 1. The SMILES string of the molecule is CC1CN(C(=O)NCc2ccc(C(=O)O)cc2)CC(c2ccsc2)O1. The molecule has 1 aromatic heterocycles. The zero-order valence-corrected chi connectivity index (χ0v) is 14.7. The number of urea groups is 1. The molecule has 0 bridgehead atoms. The Balaban J connectivity index is 1.57. The lowest BCUT2D eigenvalue weighted by molar-refractivity contribution is -0.0655. The summed E-state index contributed by atoms with van der Waals surface area (Å²) in [5.74, 6) is -0.961. The minimum Gasteiger partial charge on any atom is -0.478 e. The largest absolute Gasteiger partial charge is 0.478 e. The highest BCUT2D eigenvalue weighted by atomic mass is 32.1. The molecule has 0 saturated carbocycles. The fourth-order valence-electron chi connectivity index (χ4n) is 2.81. The van der Waals surface area contributed by atoms with Gasteiger partial charge in [0.1, 0.15) is 6.10 Å². The molecule has 0 aliphatic carbocycles. The highest BCUT2D eigenvalue weighted by Gasteiger charge is 2.29. The molecule has 2 heterocycles. The van der Waals surface area contributed by atoms with Crippen molar-refractivity contribution in [2.45, 2.75) is 25.7 Å². The molecule has 2 unspecified atom stereocenters. The van der Waals surface area contributed by atoms with E-state index in [1.807, 2.05) is 23.8 Å². The summed E-state index contributed by atoms with van der Waals surface area (Å²) in [5.41, 5.74) is 2.18. The van der Waals surface area contributed by atoms with E-state index in [2.05, 4.69) is 5.32 Å². The topological polar surface area (TPSA) is 78.9 Å². The summed E-state index contributed by atoms with van der Waals surface area (Å²) in [5, 5.41) is 15.8. The van der Waals surface area contributed by atoms with Crippen LogP contribution < -0.4 is 5.32 Å². The normalized spacial score (nSPS) is 20.3. The molecule has 25 heavy (non-hydrogen) atoms. The van der Waals surface area contributed by atoms with Gasteiger partial charge in [0, 0.05) is 13.1 Å². The van der Waals surface area contributed by atoms with Crippen LogP contribution in [0.2, 0.25) is 0 Å². The molecular formula is C18H20N2O4S. The molecule has 1 aliphatic rings. The van der Waals surface area contributed by atoms with Gasteiger partial charge in [-0.05, 0) is 47.0 Å². The van der Waals surface area contributed by atoms with Crippen LogP contribution in [0.4, 0.5) is 4.79 Å². The second kappa shape index (κ2) is 7.67. The monoisotopic (exact) mass is 360 g/mol. The number of carbonyl (C=O) groups excluding carboxylic acids is 1. The maximum atomic E-state index is 12.5. The predicted octanol–water partition coefficient (Wildman–Crippen LogP) is 3.12. The van der Waals surface area contributed by atoms with Crippen molar-refractivity contribution in [2.24, 2.45) is 0 Å². The van der Waals surface area contributed by atoms with Crippen LogP contribution in [0.3, 0.4) is 0 Å². The highest BCUT2D eigenvalue weighted by Crippen LogP contribution is 2.26.